The molecule has 0 atom stereocenters. The van der Waals surface area contributed by atoms with Gasteiger partial charge in [0.1, 0.15) is 0 Å². The Morgan fingerprint density at radius 2 is 2.05 bits per heavy atom. The summed E-state index contributed by atoms with van der Waals surface area (Å²) in [5.74, 6) is -0.883. The molecule has 1 aliphatic rings. The van der Waals surface area contributed by atoms with Crippen LogP contribution in [0.2, 0.25) is 0 Å². The topological polar surface area (TPSA) is 52.6 Å². The van der Waals surface area contributed by atoms with Crippen molar-refractivity contribution in [3.63, 3.8) is 0 Å². The second-order valence-corrected chi connectivity index (χ2v) is 5.57. The number of likely N-dealkylation sites (N-methyl/N-ethyl adjacent to an activating group) is 1. The number of benzene rings is 1. The lowest BCUT2D eigenvalue weighted by Crippen LogP contribution is -2.47. The van der Waals surface area contributed by atoms with Crippen molar-refractivity contribution in [1.29, 1.82) is 0 Å². The van der Waals surface area contributed by atoms with Gasteiger partial charge >= 0.3 is 5.97 Å². The van der Waals surface area contributed by atoms with Crippen molar-refractivity contribution in [2.24, 2.45) is 0 Å². The third-order valence-corrected chi connectivity index (χ3v) is 4.21. The highest BCUT2D eigenvalue weighted by Crippen LogP contribution is 2.33. The van der Waals surface area contributed by atoms with E-state index in [1.165, 1.54) is 25.7 Å². The highest BCUT2D eigenvalue weighted by atomic mass is 16.4. The van der Waals surface area contributed by atoms with Gasteiger partial charge in [0.2, 0.25) is 0 Å². The average Bonchev–Trinajstić information content (AvgIpc) is 2.87. The fourth-order valence-electron chi connectivity index (χ4n) is 2.84. The summed E-state index contributed by atoms with van der Waals surface area (Å²) in [5.41, 5.74) is 1.42. The van der Waals surface area contributed by atoms with Crippen LogP contribution in [-0.4, -0.2) is 42.2 Å². The van der Waals surface area contributed by atoms with E-state index in [2.05, 4.69) is 24.3 Å². The maximum Gasteiger partial charge on any atom is 0.335 e. The SMILES string of the molecule is CN(C)C1(CNc2cccc(C(=O)O)c2)CCCC1. The van der Waals surface area contributed by atoms with Crippen LogP contribution in [0.3, 0.4) is 0 Å². The molecule has 4 nitrogen and oxygen atoms in total. The largest absolute Gasteiger partial charge is 0.478 e. The van der Waals surface area contributed by atoms with Crippen molar-refractivity contribution < 1.29 is 9.90 Å². The number of nitrogens with zero attached hydrogens (tertiary/aromatic N) is 1. The van der Waals surface area contributed by atoms with Gasteiger partial charge in [-0.2, -0.15) is 0 Å². The molecule has 1 fully saturated rings. The van der Waals surface area contributed by atoms with Gasteiger partial charge in [-0.05, 0) is 45.1 Å². The van der Waals surface area contributed by atoms with Crippen molar-refractivity contribution in [1.82, 2.24) is 4.90 Å². The summed E-state index contributed by atoms with van der Waals surface area (Å²) in [6.45, 7) is 0.864. The maximum absolute atomic E-state index is 10.9. The monoisotopic (exact) mass is 262 g/mol. The molecule has 4 heteroatoms. The molecule has 0 unspecified atom stereocenters. The smallest absolute Gasteiger partial charge is 0.335 e. The van der Waals surface area contributed by atoms with Gasteiger partial charge in [0, 0.05) is 17.8 Å². The number of aromatic carboxylic acids is 1. The molecule has 0 aromatic heterocycles. The number of carboxylic acid groups (broad SMARTS) is 1. The average molecular weight is 262 g/mol. The summed E-state index contributed by atoms with van der Waals surface area (Å²) in [6, 6.07) is 7.01. The second kappa shape index (κ2) is 5.61. The maximum atomic E-state index is 10.9. The molecule has 1 aliphatic carbocycles. The van der Waals surface area contributed by atoms with Crippen LogP contribution in [0.15, 0.2) is 24.3 Å². The van der Waals surface area contributed by atoms with Crippen LogP contribution in [0, 0.1) is 0 Å². The Labute approximate surface area is 114 Å². The molecule has 2 rings (SSSR count). The van der Waals surface area contributed by atoms with Crippen LogP contribution in [0.4, 0.5) is 5.69 Å². The van der Waals surface area contributed by atoms with Gasteiger partial charge in [-0.15, -0.1) is 0 Å². The van der Waals surface area contributed by atoms with Gasteiger partial charge in [0.25, 0.3) is 0 Å². The first-order valence-corrected chi connectivity index (χ1v) is 6.78. The number of nitrogens with one attached hydrogen (secondary N) is 1. The van der Waals surface area contributed by atoms with Crippen LogP contribution in [0.5, 0.6) is 0 Å². The van der Waals surface area contributed by atoms with Gasteiger partial charge in [-0.3, -0.25) is 0 Å². The third kappa shape index (κ3) is 3.07. The Hall–Kier alpha value is -1.55. The molecular weight excluding hydrogens is 240 g/mol. The van der Waals surface area contributed by atoms with E-state index in [0.29, 0.717) is 5.56 Å². The van der Waals surface area contributed by atoms with Gasteiger partial charge in [0.05, 0.1) is 5.56 Å². The van der Waals surface area contributed by atoms with Crippen LogP contribution < -0.4 is 5.32 Å². The van der Waals surface area contributed by atoms with Crippen molar-refractivity contribution in [3.8, 4) is 0 Å². The molecule has 104 valence electrons. The number of anilines is 1. The highest BCUT2D eigenvalue weighted by Gasteiger charge is 2.35. The summed E-state index contributed by atoms with van der Waals surface area (Å²) in [6.07, 6.45) is 4.95. The molecule has 0 amide bonds. The molecule has 0 spiro atoms. The first-order chi connectivity index (χ1) is 9.03. The summed E-state index contributed by atoms with van der Waals surface area (Å²) < 4.78 is 0. The van der Waals surface area contributed by atoms with Crippen LogP contribution in [0.25, 0.3) is 0 Å². The fourth-order valence-corrected chi connectivity index (χ4v) is 2.84. The Kier molecular flexibility index (Phi) is 4.10. The Bertz CT molecular complexity index is 451. The lowest BCUT2D eigenvalue weighted by atomic mass is 9.96. The molecule has 0 heterocycles. The molecule has 0 aliphatic heterocycles. The van der Waals surface area contributed by atoms with Gasteiger partial charge in [-0.25, -0.2) is 4.79 Å². The summed E-state index contributed by atoms with van der Waals surface area (Å²) in [5, 5.41) is 12.4. The van der Waals surface area contributed by atoms with Gasteiger partial charge in [-0.1, -0.05) is 18.9 Å². The molecule has 0 bridgehead atoms. The van der Waals surface area contributed by atoms with E-state index in [9.17, 15) is 4.79 Å². The zero-order valence-corrected chi connectivity index (χ0v) is 11.6. The van der Waals surface area contributed by atoms with E-state index in [4.69, 9.17) is 5.11 Å². The van der Waals surface area contributed by atoms with Crippen molar-refractivity contribution >= 4 is 11.7 Å². The molecule has 19 heavy (non-hydrogen) atoms. The molecule has 0 radical (unpaired) electrons. The predicted molar refractivity (Wildman–Crippen MR) is 76.8 cm³/mol. The molecule has 1 aromatic carbocycles. The van der Waals surface area contributed by atoms with Crippen LogP contribution in [0.1, 0.15) is 36.0 Å². The van der Waals surface area contributed by atoms with Crippen molar-refractivity contribution in [3.05, 3.63) is 29.8 Å². The van der Waals surface area contributed by atoms with E-state index < -0.39 is 5.97 Å². The predicted octanol–water partition coefficient (Wildman–Crippen LogP) is 2.67. The third-order valence-electron chi connectivity index (χ3n) is 4.21. The minimum atomic E-state index is -0.883. The first-order valence-electron chi connectivity index (χ1n) is 6.78. The molecule has 1 aromatic rings. The van der Waals surface area contributed by atoms with E-state index in [1.54, 1.807) is 18.2 Å². The molecular formula is C15H22N2O2. The number of rotatable bonds is 5. The molecule has 0 saturated heterocycles. The highest BCUT2D eigenvalue weighted by molar-refractivity contribution is 5.88. The Morgan fingerprint density at radius 3 is 2.63 bits per heavy atom. The van der Waals surface area contributed by atoms with E-state index in [0.717, 1.165) is 12.2 Å². The minimum absolute atomic E-state index is 0.208. The Balaban J connectivity index is 2.05. The Morgan fingerprint density at radius 1 is 1.37 bits per heavy atom. The van der Waals surface area contributed by atoms with Crippen LogP contribution in [-0.2, 0) is 0 Å². The van der Waals surface area contributed by atoms with Gasteiger partial charge in [0.15, 0.2) is 0 Å². The molecule has 1 saturated carbocycles. The summed E-state index contributed by atoms with van der Waals surface area (Å²) in [7, 11) is 4.25. The zero-order valence-electron chi connectivity index (χ0n) is 11.6. The lowest BCUT2D eigenvalue weighted by molar-refractivity contribution is 0.0697. The zero-order chi connectivity index (χ0) is 13.9. The molecule has 2 N–H and O–H groups in total. The minimum Gasteiger partial charge on any atom is -0.478 e. The van der Waals surface area contributed by atoms with Crippen molar-refractivity contribution in [2.75, 3.05) is 26.0 Å². The quantitative estimate of drug-likeness (QED) is 0.856. The summed E-state index contributed by atoms with van der Waals surface area (Å²) >= 11 is 0. The van der Waals surface area contributed by atoms with E-state index in [-0.39, 0.29) is 5.54 Å². The van der Waals surface area contributed by atoms with Crippen molar-refractivity contribution in [2.45, 2.75) is 31.2 Å². The van der Waals surface area contributed by atoms with Gasteiger partial charge < -0.3 is 15.3 Å². The van der Waals surface area contributed by atoms with E-state index in [1.807, 2.05) is 6.07 Å². The number of hydrogen-bond acceptors (Lipinski definition) is 3. The number of hydrogen-bond donors (Lipinski definition) is 2. The standard InChI is InChI=1S/C15H22N2O2/c1-17(2)15(8-3-4-9-15)11-16-13-7-5-6-12(10-13)14(18)19/h5-7,10,16H,3-4,8-9,11H2,1-2H3,(H,18,19). The number of carbonyl (C=O) groups is 1. The number of carboxylic acids is 1. The summed E-state index contributed by atoms with van der Waals surface area (Å²) in [4.78, 5) is 13.2. The fraction of sp³-hybridized carbons (Fsp3) is 0.533. The van der Waals surface area contributed by atoms with Crippen LogP contribution >= 0.6 is 0 Å². The first kappa shape index (κ1) is 13.9. The second-order valence-electron chi connectivity index (χ2n) is 5.57. The lowest BCUT2D eigenvalue weighted by Gasteiger charge is -2.36. The van der Waals surface area contributed by atoms with E-state index >= 15 is 0 Å². The normalized spacial score (nSPS) is 17.6.